The molecule has 1 fully saturated rings. The van der Waals surface area contributed by atoms with E-state index in [-0.39, 0.29) is 31.1 Å². The van der Waals surface area contributed by atoms with Crippen molar-refractivity contribution in [3.63, 3.8) is 0 Å². The van der Waals surface area contributed by atoms with Crippen LogP contribution >= 0.6 is 0 Å². The standard InChI is InChI=1S/C23H24F7NO3/c24-16-7-9-18(10-8-16)33-19-5-2-4-17(12-19)31(14-21(32)22(25,26)27)13-15-3-1-6-20(11-15)34-23(28,29)30/h2,4-5,7-10,12,15,20-21,32H,1,3,6,11,13-14H2. The molecular formula is C23H24F7NO3. The molecule has 1 aliphatic carbocycles. The minimum Gasteiger partial charge on any atom is -0.457 e. The molecule has 4 nitrogen and oxygen atoms in total. The van der Waals surface area contributed by atoms with Crippen molar-refractivity contribution in [2.45, 2.75) is 50.4 Å². The summed E-state index contributed by atoms with van der Waals surface area (Å²) < 4.78 is 99.9. The average molecular weight is 495 g/mol. The number of aliphatic hydroxyl groups is 1. The number of halogens is 7. The molecule has 0 bridgehead atoms. The van der Waals surface area contributed by atoms with Crippen molar-refractivity contribution in [3.05, 3.63) is 54.3 Å². The molecule has 1 N–H and O–H groups in total. The third-order valence-corrected chi connectivity index (χ3v) is 5.52. The van der Waals surface area contributed by atoms with Crippen LogP contribution in [-0.4, -0.2) is 42.9 Å². The second kappa shape index (κ2) is 10.8. The van der Waals surface area contributed by atoms with Crippen LogP contribution in [0.2, 0.25) is 0 Å². The fourth-order valence-corrected chi connectivity index (χ4v) is 4.00. The Hall–Kier alpha value is -2.53. The van der Waals surface area contributed by atoms with Gasteiger partial charge in [0, 0.05) is 18.3 Å². The number of ether oxygens (including phenoxy) is 2. The Morgan fingerprint density at radius 1 is 0.971 bits per heavy atom. The first-order valence-corrected chi connectivity index (χ1v) is 10.7. The summed E-state index contributed by atoms with van der Waals surface area (Å²) in [5.41, 5.74) is 0.293. The molecule has 0 heterocycles. The van der Waals surface area contributed by atoms with E-state index < -0.39 is 37.1 Å². The Bertz CT molecular complexity index is 918. The van der Waals surface area contributed by atoms with Crippen LogP contribution in [0.15, 0.2) is 48.5 Å². The van der Waals surface area contributed by atoms with Crippen molar-refractivity contribution >= 4 is 5.69 Å². The number of rotatable bonds is 8. The zero-order valence-electron chi connectivity index (χ0n) is 18.0. The van der Waals surface area contributed by atoms with Crippen LogP contribution in [0.5, 0.6) is 11.5 Å². The molecule has 1 saturated carbocycles. The maximum atomic E-state index is 13.1. The highest BCUT2D eigenvalue weighted by molar-refractivity contribution is 5.52. The van der Waals surface area contributed by atoms with Crippen molar-refractivity contribution in [1.29, 1.82) is 0 Å². The first-order valence-electron chi connectivity index (χ1n) is 10.7. The average Bonchev–Trinajstić information content (AvgIpc) is 2.73. The number of hydrogen-bond donors (Lipinski definition) is 1. The normalized spacial score (nSPS) is 20.1. The van der Waals surface area contributed by atoms with Crippen LogP contribution in [0.3, 0.4) is 0 Å². The Labute approximate surface area is 191 Å². The van der Waals surface area contributed by atoms with Gasteiger partial charge in [0.2, 0.25) is 0 Å². The second-order valence-corrected chi connectivity index (χ2v) is 8.23. The van der Waals surface area contributed by atoms with E-state index in [1.807, 2.05) is 0 Å². The number of nitrogens with zero attached hydrogens (tertiary/aromatic N) is 1. The molecule has 0 amide bonds. The molecule has 188 valence electrons. The molecule has 2 aromatic rings. The summed E-state index contributed by atoms with van der Waals surface area (Å²) in [6.07, 6.45) is -12.2. The molecule has 2 aromatic carbocycles. The fourth-order valence-electron chi connectivity index (χ4n) is 4.00. The van der Waals surface area contributed by atoms with E-state index in [1.54, 1.807) is 6.07 Å². The Morgan fingerprint density at radius 2 is 1.68 bits per heavy atom. The third-order valence-electron chi connectivity index (χ3n) is 5.52. The number of alkyl halides is 6. The predicted octanol–water partition coefficient (Wildman–Crippen LogP) is 6.44. The van der Waals surface area contributed by atoms with E-state index in [0.717, 1.165) is 0 Å². The van der Waals surface area contributed by atoms with Crippen LogP contribution in [-0.2, 0) is 4.74 Å². The lowest BCUT2D eigenvalue weighted by atomic mass is 9.86. The van der Waals surface area contributed by atoms with E-state index in [2.05, 4.69) is 4.74 Å². The monoisotopic (exact) mass is 495 g/mol. The summed E-state index contributed by atoms with van der Waals surface area (Å²) in [5, 5.41) is 9.68. The maximum Gasteiger partial charge on any atom is 0.522 e. The second-order valence-electron chi connectivity index (χ2n) is 8.23. The number of hydrogen-bond acceptors (Lipinski definition) is 4. The molecule has 0 saturated heterocycles. The summed E-state index contributed by atoms with van der Waals surface area (Å²) in [5.74, 6) is -0.269. The highest BCUT2D eigenvalue weighted by Gasteiger charge is 2.40. The molecule has 0 aliphatic heterocycles. The zero-order chi connectivity index (χ0) is 24.9. The molecule has 3 rings (SSSR count). The van der Waals surface area contributed by atoms with Gasteiger partial charge in [-0.15, -0.1) is 13.2 Å². The molecule has 3 atom stereocenters. The minimum atomic E-state index is -4.87. The third kappa shape index (κ3) is 8.05. The van der Waals surface area contributed by atoms with Gasteiger partial charge in [-0.3, -0.25) is 4.74 Å². The van der Waals surface area contributed by atoms with Crippen molar-refractivity contribution < 1.29 is 45.3 Å². The summed E-state index contributed by atoms with van der Waals surface area (Å²) >= 11 is 0. The van der Waals surface area contributed by atoms with E-state index >= 15 is 0 Å². The number of benzene rings is 2. The van der Waals surface area contributed by atoms with Crippen molar-refractivity contribution in [2.75, 3.05) is 18.0 Å². The molecule has 0 aromatic heterocycles. The summed E-state index contributed by atoms with van der Waals surface area (Å²) in [7, 11) is 0. The zero-order valence-corrected chi connectivity index (χ0v) is 18.0. The Balaban J connectivity index is 1.78. The van der Waals surface area contributed by atoms with E-state index in [4.69, 9.17) is 4.74 Å². The van der Waals surface area contributed by atoms with Gasteiger partial charge in [0.25, 0.3) is 0 Å². The van der Waals surface area contributed by atoms with Gasteiger partial charge in [-0.2, -0.15) is 13.2 Å². The molecule has 0 radical (unpaired) electrons. The molecule has 1 aliphatic rings. The van der Waals surface area contributed by atoms with Gasteiger partial charge in [0.05, 0.1) is 12.6 Å². The molecule has 34 heavy (non-hydrogen) atoms. The SMILES string of the molecule is OC(CN(CC1CCCC(OC(F)(F)F)C1)c1cccc(Oc2ccc(F)cc2)c1)C(F)(F)F. The maximum absolute atomic E-state index is 13.1. The van der Waals surface area contributed by atoms with Gasteiger partial charge >= 0.3 is 12.5 Å². The molecule has 0 spiro atoms. The first-order chi connectivity index (χ1) is 15.9. The fraction of sp³-hybridized carbons (Fsp3) is 0.478. The summed E-state index contributed by atoms with van der Waals surface area (Å²) in [6, 6.07) is 11.2. The summed E-state index contributed by atoms with van der Waals surface area (Å²) in [4.78, 5) is 1.29. The largest absolute Gasteiger partial charge is 0.522 e. The van der Waals surface area contributed by atoms with Gasteiger partial charge < -0.3 is 14.7 Å². The van der Waals surface area contributed by atoms with Gasteiger partial charge in [-0.1, -0.05) is 12.5 Å². The number of aliphatic hydroxyl groups excluding tert-OH is 1. The van der Waals surface area contributed by atoms with Crippen molar-refractivity contribution in [2.24, 2.45) is 5.92 Å². The highest BCUT2D eigenvalue weighted by atomic mass is 19.4. The Kier molecular flexibility index (Phi) is 8.29. The van der Waals surface area contributed by atoms with Gasteiger partial charge in [0.15, 0.2) is 6.10 Å². The van der Waals surface area contributed by atoms with Gasteiger partial charge in [0.1, 0.15) is 17.3 Å². The van der Waals surface area contributed by atoms with E-state index in [9.17, 15) is 35.8 Å². The van der Waals surface area contributed by atoms with Crippen LogP contribution < -0.4 is 9.64 Å². The lowest BCUT2D eigenvalue weighted by Crippen LogP contribution is -2.44. The van der Waals surface area contributed by atoms with Crippen LogP contribution in [0.1, 0.15) is 25.7 Å². The predicted molar refractivity (Wildman–Crippen MR) is 110 cm³/mol. The molecular weight excluding hydrogens is 471 g/mol. The lowest BCUT2D eigenvalue weighted by molar-refractivity contribution is -0.346. The molecule has 11 heteroatoms. The smallest absolute Gasteiger partial charge is 0.457 e. The van der Waals surface area contributed by atoms with E-state index in [1.165, 1.54) is 47.4 Å². The quantitative estimate of drug-likeness (QED) is 0.428. The molecule has 3 unspecified atom stereocenters. The number of anilines is 1. The first kappa shape index (κ1) is 26.1. The van der Waals surface area contributed by atoms with Crippen molar-refractivity contribution in [1.82, 2.24) is 0 Å². The van der Waals surface area contributed by atoms with Crippen LogP contribution in [0, 0.1) is 11.7 Å². The lowest BCUT2D eigenvalue weighted by Gasteiger charge is -2.35. The van der Waals surface area contributed by atoms with Crippen LogP contribution in [0.25, 0.3) is 0 Å². The van der Waals surface area contributed by atoms with Gasteiger partial charge in [-0.25, -0.2) is 4.39 Å². The van der Waals surface area contributed by atoms with E-state index in [0.29, 0.717) is 24.3 Å². The highest BCUT2D eigenvalue weighted by Crippen LogP contribution is 2.34. The topological polar surface area (TPSA) is 41.9 Å². The summed E-state index contributed by atoms with van der Waals surface area (Å²) in [6.45, 7) is -0.810. The minimum absolute atomic E-state index is 0.00907. The van der Waals surface area contributed by atoms with Crippen molar-refractivity contribution in [3.8, 4) is 11.5 Å². The van der Waals surface area contributed by atoms with Gasteiger partial charge in [-0.05, 0) is 61.6 Å². The van der Waals surface area contributed by atoms with Crippen LogP contribution in [0.4, 0.5) is 36.4 Å². The Morgan fingerprint density at radius 3 is 2.32 bits per heavy atom.